The predicted molar refractivity (Wildman–Crippen MR) is 93.5 cm³/mol. The lowest BCUT2D eigenvalue weighted by Gasteiger charge is -2.23. The number of benzene rings is 1. The van der Waals surface area contributed by atoms with Crippen LogP contribution in [0.3, 0.4) is 0 Å². The van der Waals surface area contributed by atoms with Gasteiger partial charge in [-0.2, -0.15) is 0 Å². The first-order valence-corrected chi connectivity index (χ1v) is 8.43. The fourth-order valence-electron chi connectivity index (χ4n) is 3.21. The lowest BCUT2D eigenvalue weighted by Crippen LogP contribution is -2.35. The maximum absolute atomic E-state index is 4.69. The van der Waals surface area contributed by atoms with E-state index in [2.05, 4.69) is 46.4 Å². The number of likely N-dealkylation sites (tertiary alicyclic amines) is 1. The van der Waals surface area contributed by atoms with E-state index in [0.717, 1.165) is 30.2 Å². The van der Waals surface area contributed by atoms with Crippen LogP contribution in [0.2, 0.25) is 0 Å². The van der Waals surface area contributed by atoms with Crippen molar-refractivity contribution in [3.63, 3.8) is 0 Å². The summed E-state index contributed by atoms with van der Waals surface area (Å²) >= 11 is 0. The number of hydrogen-bond acceptors (Lipinski definition) is 5. The van der Waals surface area contributed by atoms with E-state index in [-0.39, 0.29) is 0 Å². The third-order valence-corrected chi connectivity index (χ3v) is 4.54. The van der Waals surface area contributed by atoms with Gasteiger partial charge in [-0.25, -0.2) is 4.98 Å². The number of rotatable bonds is 5. The third-order valence-electron chi connectivity index (χ3n) is 4.54. The summed E-state index contributed by atoms with van der Waals surface area (Å²) in [5.41, 5.74) is 3.06. The van der Waals surface area contributed by atoms with Gasteiger partial charge in [0.1, 0.15) is 5.69 Å². The number of anilines is 1. The van der Waals surface area contributed by atoms with Crippen LogP contribution in [0.1, 0.15) is 31.0 Å². The highest BCUT2D eigenvalue weighted by atomic mass is 15.2. The van der Waals surface area contributed by atoms with Gasteiger partial charge < -0.3 is 5.32 Å². The second-order valence-corrected chi connectivity index (χ2v) is 6.24. The van der Waals surface area contributed by atoms with Crippen LogP contribution in [0.5, 0.6) is 0 Å². The average molecular weight is 311 g/mol. The van der Waals surface area contributed by atoms with Gasteiger partial charge >= 0.3 is 0 Å². The molecule has 0 spiro atoms. The molecule has 5 heteroatoms. The number of nitrogens with one attached hydrogen (secondary N) is 1. The minimum Gasteiger partial charge on any atom is -0.367 e. The second-order valence-electron chi connectivity index (χ2n) is 6.24. The molecule has 1 aromatic carbocycles. The van der Waals surface area contributed by atoms with Gasteiger partial charge in [-0.3, -0.25) is 4.90 Å². The summed E-state index contributed by atoms with van der Waals surface area (Å²) in [7, 11) is 0. The van der Waals surface area contributed by atoms with Crippen molar-refractivity contribution in [3.05, 3.63) is 35.5 Å². The molecule has 1 N–H and O–H groups in total. The van der Waals surface area contributed by atoms with Crippen molar-refractivity contribution in [2.75, 3.05) is 25.0 Å². The van der Waals surface area contributed by atoms with E-state index < -0.39 is 0 Å². The molecule has 1 unspecified atom stereocenters. The van der Waals surface area contributed by atoms with Gasteiger partial charge in [-0.1, -0.05) is 30.7 Å². The smallest absolute Gasteiger partial charge is 0.183 e. The lowest BCUT2D eigenvalue weighted by molar-refractivity contribution is 0.277. The maximum Gasteiger partial charge on any atom is 0.183 e. The van der Waals surface area contributed by atoms with Crippen LogP contribution in [0, 0.1) is 13.8 Å². The van der Waals surface area contributed by atoms with Crippen molar-refractivity contribution in [2.45, 2.75) is 39.7 Å². The monoisotopic (exact) mass is 311 g/mol. The Kier molecular flexibility index (Phi) is 4.86. The lowest BCUT2D eigenvalue weighted by atomic mass is 10.1. The fourth-order valence-corrected chi connectivity index (χ4v) is 3.21. The maximum atomic E-state index is 4.69. The summed E-state index contributed by atoms with van der Waals surface area (Å²) in [4.78, 5) is 7.22. The molecule has 1 aliphatic rings. The van der Waals surface area contributed by atoms with Crippen LogP contribution in [0.25, 0.3) is 11.4 Å². The Morgan fingerprint density at radius 2 is 2.13 bits per heavy atom. The van der Waals surface area contributed by atoms with Crippen LogP contribution < -0.4 is 5.32 Å². The molecule has 1 atom stereocenters. The molecular formula is C18H25N5. The summed E-state index contributed by atoms with van der Waals surface area (Å²) in [5, 5.41) is 12.0. The first kappa shape index (κ1) is 15.9. The van der Waals surface area contributed by atoms with Crippen molar-refractivity contribution in [3.8, 4) is 11.4 Å². The van der Waals surface area contributed by atoms with Crippen molar-refractivity contribution >= 4 is 5.82 Å². The van der Waals surface area contributed by atoms with Crippen LogP contribution in [-0.4, -0.2) is 45.8 Å². The molecule has 2 aromatic rings. The molecule has 1 aromatic heterocycles. The van der Waals surface area contributed by atoms with Gasteiger partial charge in [0.15, 0.2) is 11.6 Å². The Labute approximate surface area is 138 Å². The van der Waals surface area contributed by atoms with E-state index in [1.165, 1.54) is 24.9 Å². The van der Waals surface area contributed by atoms with E-state index in [1.54, 1.807) is 0 Å². The molecule has 1 saturated heterocycles. The van der Waals surface area contributed by atoms with Crippen molar-refractivity contribution in [1.29, 1.82) is 0 Å². The van der Waals surface area contributed by atoms with Crippen LogP contribution in [0.15, 0.2) is 24.3 Å². The molecule has 122 valence electrons. The number of aromatic nitrogens is 3. The Bertz CT molecular complexity index is 670. The molecule has 0 amide bonds. The SMILES string of the molecule is CCN1CCCC1CNc1nc(-c2cccc(C)c2)nnc1C. The first-order chi connectivity index (χ1) is 11.2. The molecule has 2 heterocycles. The topological polar surface area (TPSA) is 53.9 Å². The number of nitrogens with zero attached hydrogens (tertiary/aromatic N) is 4. The zero-order chi connectivity index (χ0) is 16.2. The predicted octanol–water partition coefficient (Wildman–Crippen LogP) is 3.05. The van der Waals surface area contributed by atoms with Gasteiger partial charge in [0.25, 0.3) is 0 Å². The molecule has 3 rings (SSSR count). The summed E-state index contributed by atoms with van der Waals surface area (Å²) < 4.78 is 0. The zero-order valence-corrected chi connectivity index (χ0v) is 14.2. The second kappa shape index (κ2) is 7.04. The van der Waals surface area contributed by atoms with Crippen LogP contribution >= 0.6 is 0 Å². The minimum atomic E-state index is 0.594. The third kappa shape index (κ3) is 3.67. The van der Waals surface area contributed by atoms with Gasteiger partial charge in [0.05, 0.1) is 0 Å². The Balaban J connectivity index is 1.76. The van der Waals surface area contributed by atoms with Gasteiger partial charge in [-0.15, -0.1) is 10.2 Å². The van der Waals surface area contributed by atoms with Crippen LogP contribution in [-0.2, 0) is 0 Å². The molecular weight excluding hydrogens is 286 g/mol. The fraction of sp³-hybridized carbons (Fsp3) is 0.500. The number of likely N-dealkylation sites (N-methyl/N-ethyl adjacent to an activating group) is 1. The molecule has 0 radical (unpaired) electrons. The molecule has 23 heavy (non-hydrogen) atoms. The van der Waals surface area contributed by atoms with E-state index in [1.807, 2.05) is 19.1 Å². The van der Waals surface area contributed by atoms with Crippen molar-refractivity contribution in [2.24, 2.45) is 0 Å². The highest BCUT2D eigenvalue weighted by Crippen LogP contribution is 2.20. The molecule has 1 fully saturated rings. The van der Waals surface area contributed by atoms with Gasteiger partial charge in [0, 0.05) is 18.2 Å². The molecule has 0 saturated carbocycles. The van der Waals surface area contributed by atoms with E-state index in [9.17, 15) is 0 Å². The normalized spacial score (nSPS) is 18.3. The van der Waals surface area contributed by atoms with Gasteiger partial charge in [-0.05, 0) is 45.8 Å². The molecule has 5 nitrogen and oxygen atoms in total. The van der Waals surface area contributed by atoms with E-state index >= 15 is 0 Å². The van der Waals surface area contributed by atoms with E-state index in [0.29, 0.717) is 11.9 Å². The molecule has 0 bridgehead atoms. The quantitative estimate of drug-likeness (QED) is 0.920. The van der Waals surface area contributed by atoms with Crippen LogP contribution in [0.4, 0.5) is 5.82 Å². The number of aryl methyl sites for hydroxylation is 2. The first-order valence-electron chi connectivity index (χ1n) is 8.43. The van der Waals surface area contributed by atoms with Crippen molar-refractivity contribution in [1.82, 2.24) is 20.1 Å². The minimum absolute atomic E-state index is 0.594. The number of hydrogen-bond donors (Lipinski definition) is 1. The highest BCUT2D eigenvalue weighted by Gasteiger charge is 2.23. The van der Waals surface area contributed by atoms with E-state index in [4.69, 9.17) is 4.98 Å². The molecule has 1 aliphatic heterocycles. The zero-order valence-electron chi connectivity index (χ0n) is 14.2. The van der Waals surface area contributed by atoms with Gasteiger partial charge in [0.2, 0.25) is 0 Å². The summed E-state index contributed by atoms with van der Waals surface area (Å²) in [6, 6.07) is 8.81. The Morgan fingerprint density at radius 1 is 1.26 bits per heavy atom. The Morgan fingerprint density at radius 3 is 2.91 bits per heavy atom. The summed E-state index contributed by atoms with van der Waals surface area (Å²) in [6.07, 6.45) is 2.54. The van der Waals surface area contributed by atoms with Crippen molar-refractivity contribution < 1.29 is 0 Å². The largest absolute Gasteiger partial charge is 0.367 e. The summed E-state index contributed by atoms with van der Waals surface area (Å²) in [6.45, 7) is 9.49. The summed E-state index contributed by atoms with van der Waals surface area (Å²) in [5.74, 6) is 1.53. The highest BCUT2D eigenvalue weighted by molar-refractivity contribution is 5.58. The average Bonchev–Trinajstić information content (AvgIpc) is 3.01. The Hall–Kier alpha value is -2.01. The molecule has 0 aliphatic carbocycles. The standard InChI is InChI=1S/C18H25N5/c1-4-23-10-6-9-16(23)12-19-17-14(3)21-22-18(20-17)15-8-5-7-13(2)11-15/h5,7-8,11,16H,4,6,9-10,12H2,1-3H3,(H,19,20,22).